The molecule has 2 rings (SSSR count). The molecule has 0 amide bonds. The summed E-state index contributed by atoms with van der Waals surface area (Å²) >= 11 is 3.28. The molecule has 0 atom stereocenters. The quantitative estimate of drug-likeness (QED) is 0.687. The molecule has 1 aromatic rings. The van der Waals surface area contributed by atoms with Crippen molar-refractivity contribution in [1.29, 1.82) is 0 Å². The van der Waals surface area contributed by atoms with Crippen LogP contribution in [-0.4, -0.2) is 0 Å². The summed E-state index contributed by atoms with van der Waals surface area (Å²) in [5, 5.41) is 0. The van der Waals surface area contributed by atoms with Crippen molar-refractivity contribution >= 4 is 15.9 Å². The third kappa shape index (κ3) is 2.17. The molecular weight excluding hydrogens is 243 g/mol. The normalized spacial score (nSPS) is 18.4. The Morgan fingerprint density at radius 3 is 2.50 bits per heavy atom. The van der Waals surface area contributed by atoms with Crippen LogP contribution in [0.2, 0.25) is 0 Å². The van der Waals surface area contributed by atoms with Gasteiger partial charge in [0.2, 0.25) is 0 Å². The third-order valence-corrected chi connectivity index (χ3v) is 3.50. The van der Waals surface area contributed by atoms with E-state index in [4.69, 9.17) is 0 Å². The van der Waals surface area contributed by atoms with E-state index in [1.807, 2.05) is 12.1 Å². The van der Waals surface area contributed by atoms with E-state index >= 15 is 0 Å². The van der Waals surface area contributed by atoms with Crippen LogP contribution in [0.5, 0.6) is 0 Å². The van der Waals surface area contributed by atoms with Crippen molar-refractivity contribution in [2.45, 2.75) is 38.0 Å². The second-order valence-electron chi connectivity index (χ2n) is 4.00. The number of halogens is 2. The van der Waals surface area contributed by atoms with E-state index in [0.717, 1.165) is 22.9 Å². The summed E-state index contributed by atoms with van der Waals surface area (Å²) < 4.78 is 14.4. The van der Waals surface area contributed by atoms with E-state index in [0.29, 0.717) is 5.92 Å². The Labute approximate surface area is 92.6 Å². The summed E-state index contributed by atoms with van der Waals surface area (Å²) in [5.74, 6) is 0.406. The van der Waals surface area contributed by atoms with Gasteiger partial charge < -0.3 is 0 Å². The molecule has 0 bridgehead atoms. The molecule has 0 unspecified atom stereocenters. The van der Waals surface area contributed by atoms with Crippen molar-refractivity contribution in [3.05, 3.63) is 34.1 Å². The van der Waals surface area contributed by atoms with Gasteiger partial charge >= 0.3 is 0 Å². The molecule has 1 aliphatic carbocycles. The maximum atomic E-state index is 13.6. The molecule has 0 N–H and O–H groups in total. The van der Waals surface area contributed by atoms with Crippen molar-refractivity contribution in [3.8, 4) is 0 Å². The second kappa shape index (κ2) is 4.43. The van der Waals surface area contributed by atoms with Crippen LogP contribution < -0.4 is 0 Å². The van der Waals surface area contributed by atoms with Crippen LogP contribution in [0.25, 0.3) is 0 Å². The van der Waals surface area contributed by atoms with Gasteiger partial charge in [-0.05, 0) is 36.5 Å². The summed E-state index contributed by atoms with van der Waals surface area (Å²) in [6, 6.07) is 5.44. The van der Waals surface area contributed by atoms with Crippen molar-refractivity contribution in [2.75, 3.05) is 0 Å². The molecule has 0 aromatic heterocycles. The molecule has 2 heteroatoms. The molecule has 0 saturated heterocycles. The first-order valence-corrected chi connectivity index (χ1v) is 6.01. The predicted octanol–water partition coefficient (Wildman–Crippen LogP) is 4.64. The monoisotopic (exact) mass is 256 g/mol. The van der Waals surface area contributed by atoms with E-state index in [1.165, 1.54) is 19.3 Å². The SMILES string of the molecule is Fc1cc(Br)ccc1C1CCCCC1. The fraction of sp³-hybridized carbons (Fsp3) is 0.500. The molecule has 1 fully saturated rings. The molecule has 0 spiro atoms. The van der Waals surface area contributed by atoms with Crippen molar-refractivity contribution in [1.82, 2.24) is 0 Å². The van der Waals surface area contributed by atoms with Crippen LogP contribution in [-0.2, 0) is 0 Å². The summed E-state index contributed by atoms with van der Waals surface area (Å²) in [6.45, 7) is 0. The van der Waals surface area contributed by atoms with Crippen LogP contribution in [0, 0.1) is 5.82 Å². The Bertz CT molecular complexity index is 316. The van der Waals surface area contributed by atoms with Crippen LogP contribution >= 0.6 is 15.9 Å². The van der Waals surface area contributed by atoms with Crippen molar-refractivity contribution < 1.29 is 4.39 Å². The van der Waals surface area contributed by atoms with E-state index < -0.39 is 0 Å². The van der Waals surface area contributed by atoms with Crippen LogP contribution in [0.4, 0.5) is 4.39 Å². The Kier molecular flexibility index (Phi) is 3.22. The van der Waals surface area contributed by atoms with Gasteiger partial charge in [-0.2, -0.15) is 0 Å². The van der Waals surface area contributed by atoms with E-state index in [-0.39, 0.29) is 5.82 Å². The van der Waals surface area contributed by atoms with E-state index in [2.05, 4.69) is 15.9 Å². The predicted molar refractivity (Wildman–Crippen MR) is 59.9 cm³/mol. The number of rotatable bonds is 1. The fourth-order valence-electron chi connectivity index (χ4n) is 2.25. The average molecular weight is 257 g/mol. The zero-order chi connectivity index (χ0) is 9.97. The highest BCUT2D eigenvalue weighted by Crippen LogP contribution is 2.34. The minimum atomic E-state index is -0.0497. The zero-order valence-corrected chi connectivity index (χ0v) is 9.69. The molecule has 0 nitrogen and oxygen atoms in total. The smallest absolute Gasteiger partial charge is 0.127 e. The van der Waals surface area contributed by atoms with Gasteiger partial charge in [-0.1, -0.05) is 41.3 Å². The molecule has 14 heavy (non-hydrogen) atoms. The largest absolute Gasteiger partial charge is 0.207 e. The third-order valence-electron chi connectivity index (χ3n) is 3.01. The topological polar surface area (TPSA) is 0 Å². The standard InChI is InChI=1S/C12H14BrF/c13-10-6-7-11(12(14)8-10)9-4-2-1-3-5-9/h6-9H,1-5H2. The molecule has 76 valence electrons. The van der Waals surface area contributed by atoms with Gasteiger partial charge in [0.25, 0.3) is 0 Å². The first-order valence-electron chi connectivity index (χ1n) is 5.22. The highest BCUT2D eigenvalue weighted by Gasteiger charge is 2.18. The fourth-order valence-corrected chi connectivity index (χ4v) is 2.58. The van der Waals surface area contributed by atoms with Gasteiger partial charge in [0.1, 0.15) is 5.82 Å². The molecule has 1 saturated carbocycles. The van der Waals surface area contributed by atoms with Gasteiger partial charge in [0.15, 0.2) is 0 Å². The number of hydrogen-bond donors (Lipinski definition) is 0. The van der Waals surface area contributed by atoms with E-state index in [9.17, 15) is 4.39 Å². The lowest BCUT2D eigenvalue weighted by Gasteiger charge is -2.22. The zero-order valence-electron chi connectivity index (χ0n) is 8.10. The minimum Gasteiger partial charge on any atom is -0.207 e. The van der Waals surface area contributed by atoms with Crippen LogP contribution in [0.3, 0.4) is 0 Å². The first kappa shape index (κ1) is 10.2. The summed E-state index contributed by atoms with van der Waals surface area (Å²) in [4.78, 5) is 0. The molecule has 1 aliphatic rings. The molecule has 0 radical (unpaired) electrons. The van der Waals surface area contributed by atoms with Crippen molar-refractivity contribution in [2.24, 2.45) is 0 Å². The van der Waals surface area contributed by atoms with E-state index in [1.54, 1.807) is 6.07 Å². The maximum absolute atomic E-state index is 13.6. The lowest BCUT2D eigenvalue weighted by atomic mass is 9.84. The highest BCUT2D eigenvalue weighted by molar-refractivity contribution is 9.10. The summed E-state index contributed by atoms with van der Waals surface area (Å²) in [6.07, 6.45) is 6.12. The highest BCUT2D eigenvalue weighted by atomic mass is 79.9. The average Bonchev–Trinajstić information content (AvgIpc) is 2.19. The van der Waals surface area contributed by atoms with Crippen LogP contribution in [0.15, 0.2) is 22.7 Å². The summed E-state index contributed by atoms with van der Waals surface area (Å²) in [5.41, 5.74) is 0.910. The summed E-state index contributed by atoms with van der Waals surface area (Å²) in [7, 11) is 0. The van der Waals surface area contributed by atoms with Gasteiger partial charge in [-0.15, -0.1) is 0 Å². The lowest BCUT2D eigenvalue weighted by Crippen LogP contribution is -2.06. The van der Waals surface area contributed by atoms with Gasteiger partial charge in [-0.3, -0.25) is 0 Å². The molecule has 0 heterocycles. The Hall–Kier alpha value is -0.370. The lowest BCUT2D eigenvalue weighted by molar-refractivity contribution is 0.429. The van der Waals surface area contributed by atoms with Gasteiger partial charge in [0, 0.05) is 4.47 Å². The molecular formula is C12H14BrF. The molecule has 1 aromatic carbocycles. The number of hydrogen-bond acceptors (Lipinski definition) is 0. The Morgan fingerprint density at radius 2 is 1.86 bits per heavy atom. The second-order valence-corrected chi connectivity index (χ2v) is 4.92. The molecule has 0 aliphatic heterocycles. The van der Waals surface area contributed by atoms with Crippen molar-refractivity contribution in [3.63, 3.8) is 0 Å². The number of benzene rings is 1. The van der Waals surface area contributed by atoms with Gasteiger partial charge in [0.05, 0.1) is 0 Å². The van der Waals surface area contributed by atoms with Crippen LogP contribution in [0.1, 0.15) is 43.6 Å². The Morgan fingerprint density at radius 1 is 1.14 bits per heavy atom. The maximum Gasteiger partial charge on any atom is 0.127 e. The first-order chi connectivity index (χ1) is 6.77. The van der Waals surface area contributed by atoms with Gasteiger partial charge in [-0.25, -0.2) is 4.39 Å². The Balaban J connectivity index is 2.22. The minimum absolute atomic E-state index is 0.0497.